The van der Waals surface area contributed by atoms with Crippen molar-refractivity contribution >= 4 is 17.7 Å². The lowest BCUT2D eigenvalue weighted by Gasteiger charge is -2.33. The average Bonchev–Trinajstić information content (AvgIpc) is 2.86. The zero-order chi connectivity index (χ0) is 12.6. The van der Waals surface area contributed by atoms with Crippen LogP contribution in [0.5, 0.6) is 5.75 Å². The van der Waals surface area contributed by atoms with E-state index in [1.165, 1.54) is 0 Å². The molecule has 0 atom stereocenters. The van der Waals surface area contributed by atoms with Gasteiger partial charge in [-0.3, -0.25) is 4.79 Å². The monoisotopic (exact) mass is 264 g/mol. The summed E-state index contributed by atoms with van der Waals surface area (Å²) in [7, 11) is 0. The lowest BCUT2D eigenvalue weighted by Crippen LogP contribution is -2.37. The fourth-order valence-electron chi connectivity index (χ4n) is 2.98. The van der Waals surface area contributed by atoms with Gasteiger partial charge in [-0.15, -0.1) is 0 Å². The molecule has 1 aromatic carbocycles. The molecule has 1 N–H and O–H groups in total. The number of carboxylic acids is 1. The molecule has 4 heteroatoms. The van der Waals surface area contributed by atoms with E-state index in [4.69, 9.17) is 4.74 Å². The first kappa shape index (κ1) is 11.9. The van der Waals surface area contributed by atoms with E-state index in [9.17, 15) is 9.90 Å². The SMILES string of the molecule is O=C(O)C1(c2ccc3c(c2)OCS3)CCCCC1. The summed E-state index contributed by atoms with van der Waals surface area (Å²) in [6.07, 6.45) is 4.63. The van der Waals surface area contributed by atoms with Crippen LogP contribution in [0.3, 0.4) is 0 Å². The highest BCUT2D eigenvalue weighted by Crippen LogP contribution is 2.44. The van der Waals surface area contributed by atoms with Gasteiger partial charge in [0.2, 0.25) is 0 Å². The molecule has 96 valence electrons. The minimum Gasteiger partial charge on any atom is -0.481 e. The van der Waals surface area contributed by atoms with E-state index in [2.05, 4.69) is 0 Å². The van der Waals surface area contributed by atoms with Crippen molar-refractivity contribution < 1.29 is 14.6 Å². The summed E-state index contributed by atoms with van der Waals surface area (Å²) in [6, 6.07) is 5.91. The summed E-state index contributed by atoms with van der Waals surface area (Å²) in [6.45, 7) is 0. The first-order valence-corrected chi connectivity index (χ1v) is 7.34. The maximum absolute atomic E-state index is 11.7. The summed E-state index contributed by atoms with van der Waals surface area (Å²) in [5.74, 6) is 0.801. The number of carbonyl (C=O) groups is 1. The van der Waals surface area contributed by atoms with Gasteiger partial charge in [0.15, 0.2) is 0 Å². The van der Waals surface area contributed by atoms with Gasteiger partial charge < -0.3 is 9.84 Å². The molecule has 1 saturated carbocycles. The summed E-state index contributed by atoms with van der Waals surface area (Å²) < 4.78 is 5.52. The third-order valence-electron chi connectivity index (χ3n) is 4.04. The van der Waals surface area contributed by atoms with Gasteiger partial charge in [-0.1, -0.05) is 37.1 Å². The van der Waals surface area contributed by atoms with Crippen molar-refractivity contribution in [1.82, 2.24) is 0 Å². The van der Waals surface area contributed by atoms with E-state index in [0.29, 0.717) is 5.94 Å². The van der Waals surface area contributed by atoms with Crippen LogP contribution in [0.2, 0.25) is 0 Å². The lowest BCUT2D eigenvalue weighted by molar-refractivity contribution is -0.145. The van der Waals surface area contributed by atoms with E-state index in [-0.39, 0.29) is 0 Å². The largest absolute Gasteiger partial charge is 0.481 e. The molecular weight excluding hydrogens is 248 g/mol. The van der Waals surface area contributed by atoms with Gasteiger partial charge in [-0.2, -0.15) is 0 Å². The Labute approximate surface area is 111 Å². The Kier molecular flexibility index (Phi) is 2.98. The number of benzene rings is 1. The molecule has 0 saturated heterocycles. The Hall–Kier alpha value is -1.16. The van der Waals surface area contributed by atoms with Crippen LogP contribution in [0, 0.1) is 0 Å². The number of thioether (sulfide) groups is 1. The molecule has 2 aliphatic rings. The van der Waals surface area contributed by atoms with Crippen LogP contribution < -0.4 is 4.74 Å². The Morgan fingerprint density at radius 2 is 2.06 bits per heavy atom. The molecule has 3 nitrogen and oxygen atoms in total. The quantitative estimate of drug-likeness (QED) is 0.889. The highest BCUT2D eigenvalue weighted by molar-refractivity contribution is 7.99. The fourth-order valence-corrected chi connectivity index (χ4v) is 3.71. The number of ether oxygens (including phenoxy) is 1. The summed E-state index contributed by atoms with van der Waals surface area (Å²) in [4.78, 5) is 12.9. The van der Waals surface area contributed by atoms with Crippen molar-refractivity contribution in [3.05, 3.63) is 23.8 Å². The maximum atomic E-state index is 11.7. The fraction of sp³-hybridized carbons (Fsp3) is 0.500. The third kappa shape index (κ3) is 1.79. The molecule has 18 heavy (non-hydrogen) atoms. The van der Waals surface area contributed by atoms with Gasteiger partial charge in [-0.25, -0.2) is 0 Å². The minimum absolute atomic E-state index is 0.638. The normalized spacial score (nSPS) is 21.1. The summed E-state index contributed by atoms with van der Waals surface area (Å²) >= 11 is 1.66. The minimum atomic E-state index is -0.691. The zero-order valence-corrected chi connectivity index (χ0v) is 11.0. The molecule has 1 fully saturated rings. The number of hydrogen-bond acceptors (Lipinski definition) is 3. The molecule has 1 heterocycles. The Balaban J connectivity index is 2.02. The highest BCUT2D eigenvalue weighted by atomic mass is 32.2. The Morgan fingerprint density at radius 3 is 2.78 bits per heavy atom. The number of carboxylic acid groups (broad SMARTS) is 1. The van der Waals surface area contributed by atoms with Gasteiger partial charge >= 0.3 is 5.97 Å². The number of aliphatic carboxylic acids is 1. The topological polar surface area (TPSA) is 46.5 Å². The molecule has 0 radical (unpaired) electrons. The van der Waals surface area contributed by atoms with Crippen LogP contribution in [-0.2, 0) is 10.2 Å². The molecule has 1 aliphatic heterocycles. The van der Waals surface area contributed by atoms with Crippen molar-refractivity contribution in [2.45, 2.75) is 42.4 Å². The van der Waals surface area contributed by atoms with Gasteiger partial charge in [0.05, 0.1) is 10.3 Å². The van der Waals surface area contributed by atoms with E-state index in [1.54, 1.807) is 11.8 Å². The molecular formula is C14H16O3S. The molecule has 3 rings (SSSR count). The van der Waals surface area contributed by atoms with Crippen molar-refractivity contribution in [3.8, 4) is 5.75 Å². The van der Waals surface area contributed by atoms with E-state index in [0.717, 1.165) is 48.3 Å². The number of rotatable bonds is 2. The lowest BCUT2D eigenvalue weighted by atomic mass is 9.69. The Morgan fingerprint density at radius 1 is 1.28 bits per heavy atom. The van der Waals surface area contributed by atoms with Crippen LogP contribution in [-0.4, -0.2) is 17.0 Å². The van der Waals surface area contributed by atoms with Crippen LogP contribution >= 0.6 is 11.8 Å². The van der Waals surface area contributed by atoms with Crippen molar-refractivity contribution in [3.63, 3.8) is 0 Å². The van der Waals surface area contributed by atoms with Crippen LogP contribution in [0.4, 0.5) is 0 Å². The van der Waals surface area contributed by atoms with Crippen molar-refractivity contribution in [2.24, 2.45) is 0 Å². The second-order valence-electron chi connectivity index (χ2n) is 5.02. The van der Waals surface area contributed by atoms with Crippen molar-refractivity contribution in [2.75, 3.05) is 5.94 Å². The predicted molar refractivity (Wildman–Crippen MR) is 70.2 cm³/mol. The van der Waals surface area contributed by atoms with Gasteiger partial charge in [0.1, 0.15) is 11.7 Å². The first-order valence-electron chi connectivity index (χ1n) is 6.36. The molecule has 0 bridgehead atoms. The number of fused-ring (bicyclic) bond motifs is 1. The molecule has 0 aromatic heterocycles. The average molecular weight is 264 g/mol. The molecule has 0 unspecified atom stereocenters. The molecule has 1 aromatic rings. The van der Waals surface area contributed by atoms with Crippen LogP contribution in [0.25, 0.3) is 0 Å². The van der Waals surface area contributed by atoms with Crippen molar-refractivity contribution in [1.29, 1.82) is 0 Å². The van der Waals surface area contributed by atoms with Gasteiger partial charge in [-0.05, 0) is 30.5 Å². The smallest absolute Gasteiger partial charge is 0.314 e. The van der Waals surface area contributed by atoms with Gasteiger partial charge in [0.25, 0.3) is 0 Å². The second kappa shape index (κ2) is 4.50. The summed E-state index contributed by atoms with van der Waals surface area (Å²) in [5, 5.41) is 9.64. The van der Waals surface area contributed by atoms with Gasteiger partial charge in [0, 0.05) is 0 Å². The third-order valence-corrected chi connectivity index (χ3v) is 4.93. The van der Waals surface area contributed by atoms with E-state index < -0.39 is 11.4 Å². The summed E-state index contributed by atoms with van der Waals surface area (Å²) in [5.41, 5.74) is 0.222. The standard InChI is InChI=1S/C14H16O3S/c15-13(16)14(6-2-1-3-7-14)10-4-5-12-11(8-10)17-9-18-12/h4-5,8H,1-3,6-7,9H2,(H,15,16). The molecule has 0 amide bonds. The first-order chi connectivity index (χ1) is 8.72. The molecule has 1 aliphatic carbocycles. The predicted octanol–water partition coefficient (Wildman–Crippen LogP) is 3.42. The molecule has 0 spiro atoms. The Bertz CT molecular complexity index is 478. The second-order valence-corrected chi connectivity index (χ2v) is 5.98. The maximum Gasteiger partial charge on any atom is 0.314 e. The van der Waals surface area contributed by atoms with E-state index >= 15 is 0 Å². The van der Waals surface area contributed by atoms with E-state index in [1.807, 2.05) is 18.2 Å². The highest BCUT2D eigenvalue weighted by Gasteiger charge is 2.41. The number of hydrogen-bond donors (Lipinski definition) is 1. The zero-order valence-electron chi connectivity index (χ0n) is 10.1. The van der Waals surface area contributed by atoms with Crippen LogP contribution in [0.1, 0.15) is 37.7 Å². The van der Waals surface area contributed by atoms with Crippen LogP contribution in [0.15, 0.2) is 23.1 Å².